The molecule has 0 aliphatic heterocycles. The SMILES string of the molecule is CCn1ncc(/C=C/C(=O)Nc2cnn(Cc3ccc(F)cc3Cl)c2)c1C. The quantitative estimate of drug-likeness (QED) is 0.652. The Balaban J connectivity index is 1.62. The van der Waals surface area contributed by atoms with Gasteiger partial charge in [-0.2, -0.15) is 10.2 Å². The lowest BCUT2D eigenvalue weighted by molar-refractivity contribution is -0.111. The molecule has 0 radical (unpaired) electrons. The zero-order valence-corrected chi connectivity index (χ0v) is 15.7. The zero-order valence-electron chi connectivity index (χ0n) is 15.0. The van der Waals surface area contributed by atoms with Crippen molar-refractivity contribution in [3.05, 3.63) is 70.5 Å². The number of carbonyl (C=O) groups is 1. The van der Waals surface area contributed by atoms with E-state index in [-0.39, 0.29) is 11.7 Å². The van der Waals surface area contributed by atoms with E-state index in [1.54, 1.807) is 35.4 Å². The maximum atomic E-state index is 13.1. The first kappa shape index (κ1) is 18.8. The number of rotatable bonds is 6. The fourth-order valence-electron chi connectivity index (χ4n) is 2.63. The second kappa shape index (κ2) is 8.18. The largest absolute Gasteiger partial charge is 0.320 e. The van der Waals surface area contributed by atoms with Crippen LogP contribution in [-0.2, 0) is 17.9 Å². The molecule has 2 heterocycles. The van der Waals surface area contributed by atoms with Crippen LogP contribution < -0.4 is 5.32 Å². The van der Waals surface area contributed by atoms with Gasteiger partial charge in [0, 0.05) is 35.1 Å². The fourth-order valence-corrected chi connectivity index (χ4v) is 2.86. The number of nitrogens with zero attached hydrogens (tertiary/aromatic N) is 4. The molecule has 1 aromatic carbocycles. The van der Waals surface area contributed by atoms with Gasteiger partial charge in [0.2, 0.25) is 5.91 Å². The topological polar surface area (TPSA) is 64.7 Å². The third kappa shape index (κ3) is 4.62. The standard InChI is InChI=1S/C19H19ClFN5O/c1-3-26-13(2)14(9-23-26)5-7-19(27)24-17-10-22-25(12-17)11-15-4-6-16(21)8-18(15)20/h4-10,12H,3,11H2,1-2H3,(H,24,27)/b7-5+. The third-order valence-electron chi connectivity index (χ3n) is 4.10. The highest BCUT2D eigenvalue weighted by atomic mass is 35.5. The minimum atomic E-state index is -0.385. The smallest absolute Gasteiger partial charge is 0.248 e. The molecule has 0 spiro atoms. The molecule has 1 amide bonds. The van der Waals surface area contributed by atoms with Gasteiger partial charge in [-0.3, -0.25) is 14.2 Å². The molecule has 3 rings (SSSR count). The molecule has 3 aromatic rings. The molecule has 0 bridgehead atoms. The lowest BCUT2D eigenvalue weighted by Gasteiger charge is -2.04. The lowest BCUT2D eigenvalue weighted by Crippen LogP contribution is -2.07. The number of benzene rings is 1. The average molecular weight is 388 g/mol. The van der Waals surface area contributed by atoms with E-state index in [9.17, 15) is 9.18 Å². The number of amides is 1. The number of anilines is 1. The van der Waals surface area contributed by atoms with Crippen molar-refractivity contribution >= 4 is 29.3 Å². The molecule has 2 aromatic heterocycles. The van der Waals surface area contributed by atoms with Crippen molar-refractivity contribution in [2.24, 2.45) is 0 Å². The molecule has 0 unspecified atom stereocenters. The van der Waals surface area contributed by atoms with E-state index in [0.717, 1.165) is 23.4 Å². The van der Waals surface area contributed by atoms with Crippen LogP contribution in [-0.4, -0.2) is 25.5 Å². The lowest BCUT2D eigenvalue weighted by atomic mass is 10.2. The molecule has 0 aliphatic carbocycles. The van der Waals surface area contributed by atoms with Crippen LogP contribution in [0.25, 0.3) is 6.08 Å². The minimum absolute atomic E-state index is 0.266. The number of carbonyl (C=O) groups excluding carboxylic acids is 1. The van der Waals surface area contributed by atoms with Crippen LogP contribution in [0.15, 0.2) is 42.9 Å². The van der Waals surface area contributed by atoms with Gasteiger partial charge in [0.1, 0.15) is 5.82 Å². The molecule has 0 saturated heterocycles. The minimum Gasteiger partial charge on any atom is -0.320 e. The molecule has 0 aliphatic rings. The van der Waals surface area contributed by atoms with Gasteiger partial charge in [-0.15, -0.1) is 0 Å². The van der Waals surface area contributed by atoms with E-state index in [1.807, 2.05) is 18.5 Å². The number of aromatic nitrogens is 4. The number of aryl methyl sites for hydroxylation is 1. The molecule has 27 heavy (non-hydrogen) atoms. The van der Waals surface area contributed by atoms with Gasteiger partial charge in [-0.25, -0.2) is 4.39 Å². The molecule has 8 heteroatoms. The van der Waals surface area contributed by atoms with Gasteiger partial charge < -0.3 is 5.32 Å². The Morgan fingerprint density at radius 2 is 2.15 bits per heavy atom. The number of hydrogen-bond donors (Lipinski definition) is 1. The summed E-state index contributed by atoms with van der Waals surface area (Å²) in [4.78, 5) is 12.1. The monoisotopic (exact) mass is 387 g/mol. The number of halogens is 2. The summed E-state index contributed by atoms with van der Waals surface area (Å²) in [7, 11) is 0. The highest BCUT2D eigenvalue weighted by molar-refractivity contribution is 6.31. The first-order valence-electron chi connectivity index (χ1n) is 8.44. The molecule has 1 N–H and O–H groups in total. The van der Waals surface area contributed by atoms with Gasteiger partial charge in [0.25, 0.3) is 0 Å². The van der Waals surface area contributed by atoms with E-state index in [1.165, 1.54) is 18.2 Å². The van der Waals surface area contributed by atoms with Crippen LogP contribution in [0, 0.1) is 12.7 Å². The predicted octanol–water partition coefficient (Wildman–Crippen LogP) is 3.90. The van der Waals surface area contributed by atoms with Crippen molar-refractivity contribution in [3.8, 4) is 0 Å². The summed E-state index contributed by atoms with van der Waals surface area (Å²) >= 11 is 6.03. The molecule has 6 nitrogen and oxygen atoms in total. The highest BCUT2D eigenvalue weighted by Crippen LogP contribution is 2.19. The second-order valence-electron chi connectivity index (χ2n) is 5.99. The van der Waals surface area contributed by atoms with Crippen LogP contribution in [0.5, 0.6) is 0 Å². The van der Waals surface area contributed by atoms with E-state index in [4.69, 9.17) is 11.6 Å². The van der Waals surface area contributed by atoms with Gasteiger partial charge in [-0.05, 0) is 37.6 Å². The summed E-state index contributed by atoms with van der Waals surface area (Å²) in [5.41, 5.74) is 3.20. The van der Waals surface area contributed by atoms with Crippen molar-refractivity contribution in [1.29, 1.82) is 0 Å². The first-order valence-corrected chi connectivity index (χ1v) is 8.82. The van der Waals surface area contributed by atoms with Gasteiger partial charge in [-0.1, -0.05) is 17.7 Å². The number of hydrogen-bond acceptors (Lipinski definition) is 3. The number of nitrogens with one attached hydrogen (secondary N) is 1. The van der Waals surface area contributed by atoms with Crippen LogP contribution in [0.2, 0.25) is 5.02 Å². The second-order valence-corrected chi connectivity index (χ2v) is 6.39. The Bertz CT molecular complexity index is 992. The van der Waals surface area contributed by atoms with Gasteiger partial charge in [0.05, 0.1) is 24.6 Å². The van der Waals surface area contributed by atoms with Gasteiger partial charge in [0.15, 0.2) is 0 Å². The highest BCUT2D eigenvalue weighted by Gasteiger charge is 2.07. The summed E-state index contributed by atoms with van der Waals surface area (Å²) in [6, 6.07) is 4.22. The zero-order chi connectivity index (χ0) is 19.4. The van der Waals surface area contributed by atoms with Crippen molar-refractivity contribution in [3.63, 3.8) is 0 Å². The maximum Gasteiger partial charge on any atom is 0.248 e. The van der Waals surface area contributed by atoms with Crippen LogP contribution in [0.1, 0.15) is 23.7 Å². The molecular formula is C19H19ClFN5O. The summed E-state index contributed by atoms with van der Waals surface area (Å²) in [5, 5.41) is 11.5. The van der Waals surface area contributed by atoms with Crippen LogP contribution in [0.3, 0.4) is 0 Å². The van der Waals surface area contributed by atoms with E-state index < -0.39 is 0 Å². The van der Waals surface area contributed by atoms with Crippen molar-refractivity contribution in [2.75, 3.05) is 5.32 Å². The fraction of sp³-hybridized carbons (Fsp3) is 0.211. The molecular weight excluding hydrogens is 369 g/mol. The van der Waals surface area contributed by atoms with Crippen LogP contribution >= 0.6 is 11.6 Å². The average Bonchev–Trinajstić information content (AvgIpc) is 3.21. The summed E-state index contributed by atoms with van der Waals surface area (Å²) < 4.78 is 16.6. The van der Waals surface area contributed by atoms with E-state index in [2.05, 4.69) is 15.5 Å². The van der Waals surface area contributed by atoms with Gasteiger partial charge >= 0.3 is 0 Å². The Morgan fingerprint density at radius 3 is 2.85 bits per heavy atom. The first-order chi connectivity index (χ1) is 13.0. The Hall–Kier alpha value is -2.93. The summed E-state index contributed by atoms with van der Waals surface area (Å²) in [5.74, 6) is -0.651. The van der Waals surface area contributed by atoms with Crippen molar-refractivity contribution in [1.82, 2.24) is 19.6 Å². The Kier molecular flexibility index (Phi) is 5.71. The van der Waals surface area contributed by atoms with E-state index in [0.29, 0.717) is 17.3 Å². The molecule has 0 fully saturated rings. The molecule has 140 valence electrons. The Labute approximate surface area is 161 Å². The predicted molar refractivity (Wildman–Crippen MR) is 103 cm³/mol. The molecule has 0 atom stereocenters. The van der Waals surface area contributed by atoms with E-state index >= 15 is 0 Å². The van der Waals surface area contributed by atoms with Crippen molar-refractivity contribution in [2.45, 2.75) is 26.9 Å². The summed E-state index contributed by atoms with van der Waals surface area (Å²) in [6.07, 6.45) is 8.15. The third-order valence-corrected chi connectivity index (χ3v) is 4.46. The van der Waals surface area contributed by atoms with Crippen LogP contribution in [0.4, 0.5) is 10.1 Å². The maximum absolute atomic E-state index is 13.1. The normalized spacial score (nSPS) is 11.3. The summed E-state index contributed by atoms with van der Waals surface area (Å²) in [6.45, 7) is 5.12. The molecule has 0 saturated carbocycles. The Morgan fingerprint density at radius 1 is 1.33 bits per heavy atom. The van der Waals surface area contributed by atoms with Crippen molar-refractivity contribution < 1.29 is 9.18 Å².